The van der Waals surface area contributed by atoms with Crippen LogP contribution in [-0.2, 0) is 0 Å². The van der Waals surface area contributed by atoms with Gasteiger partial charge in [-0.3, -0.25) is 14.9 Å². The molecule has 1 N–H and O–H groups in total. The quantitative estimate of drug-likeness (QED) is 0.656. The molecule has 0 aliphatic carbocycles. The molecule has 0 unspecified atom stereocenters. The Morgan fingerprint density at radius 2 is 1.74 bits per heavy atom. The number of nitro groups is 1. The number of carboxylic acids is 1. The number of hydrogen-bond donors (Lipinski definition) is 1. The maximum atomic E-state index is 12.8. The van der Waals surface area contributed by atoms with Gasteiger partial charge >= 0.3 is 5.97 Å². The Kier molecular flexibility index (Phi) is 5.07. The second-order valence-corrected chi connectivity index (χ2v) is 6.41. The van der Waals surface area contributed by atoms with Crippen LogP contribution in [0.1, 0.15) is 26.3 Å². The van der Waals surface area contributed by atoms with Crippen LogP contribution in [0.2, 0.25) is 0 Å². The number of carboxylic acid groups (broad SMARTS) is 1. The molecule has 0 atom stereocenters. The van der Waals surface area contributed by atoms with Crippen molar-refractivity contribution in [3.8, 4) is 0 Å². The monoisotopic (exact) mass is 369 g/mol. The van der Waals surface area contributed by atoms with E-state index in [-0.39, 0.29) is 16.8 Å². The predicted molar refractivity (Wildman–Crippen MR) is 99.4 cm³/mol. The van der Waals surface area contributed by atoms with E-state index in [0.717, 1.165) is 23.4 Å². The van der Waals surface area contributed by atoms with E-state index in [1.54, 1.807) is 4.90 Å². The molecule has 1 aliphatic rings. The molecular weight excluding hydrogens is 350 g/mol. The summed E-state index contributed by atoms with van der Waals surface area (Å²) in [6.07, 6.45) is 0. The third kappa shape index (κ3) is 3.89. The predicted octanol–water partition coefficient (Wildman–Crippen LogP) is 2.56. The summed E-state index contributed by atoms with van der Waals surface area (Å²) in [5.41, 5.74) is 1.51. The summed E-state index contributed by atoms with van der Waals surface area (Å²) in [5, 5.41) is 20.2. The Labute approximate surface area is 155 Å². The van der Waals surface area contributed by atoms with Crippen LogP contribution in [0.5, 0.6) is 0 Å². The van der Waals surface area contributed by atoms with Gasteiger partial charge in [0.25, 0.3) is 11.6 Å². The van der Waals surface area contributed by atoms with Crippen LogP contribution in [0.4, 0.5) is 11.4 Å². The average Bonchev–Trinajstić information content (AvgIpc) is 2.67. The van der Waals surface area contributed by atoms with Gasteiger partial charge in [0.2, 0.25) is 0 Å². The lowest BCUT2D eigenvalue weighted by molar-refractivity contribution is -0.384. The van der Waals surface area contributed by atoms with E-state index in [0.29, 0.717) is 26.2 Å². The molecule has 1 heterocycles. The Bertz CT molecular complexity index is 904. The van der Waals surface area contributed by atoms with Crippen molar-refractivity contribution in [2.75, 3.05) is 31.1 Å². The van der Waals surface area contributed by atoms with Gasteiger partial charge in [-0.05, 0) is 30.7 Å². The van der Waals surface area contributed by atoms with E-state index in [2.05, 4.69) is 11.0 Å². The molecule has 0 bridgehead atoms. The Morgan fingerprint density at radius 1 is 1.04 bits per heavy atom. The van der Waals surface area contributed by atoms with Gasteiger partial charge in [-0.2, -0.15) is 0 Å². The SMILES string of the molecule is Cc1cccc(N2CCN(C(=O)c3ccc([N+](=O)[O-])cc3C(=O)O)CC2)c1. The minimum atomic E-state index is -1.36. The van der Waals surface area contributed by atoms with Crippen LogP contribution in [-0.4, -0.2) is 53.0 Å². The van der Waals surface area contributed by atoms with Gasteiger partial charge in [0.15, 0.2) is 0 Å². The minimum Gasteiger partial charge on any atom is -0.478 e. The van der Waals surface area contributed by atoms with Crippen molar-refractivity contribution in [2.45, 2.75) is 6.92 Å². The maximum Gasteiger partial charge on any atom is 0.336 e. The summed E-state index contributed by atoms with van der Waals surface area (Å²) >= 11 is 0. The van der Waals surface area contributed by atoms with E-state index in [1.807, 2.05) is 25.1 Å². The molecule has 2 aromatic rings. The highest BCUT2D eigenvalue weighted by molar-refractivity contribution is 6.05. The van der Waals surface area contributed by atoms with Crippen molar-refractivity contribution in [2.24, 2.45) is 0 Å². The van der Waals surface area contributed by atoms with Crippen LogP contribution in [0.25, 0.3) is 0 Å². The first-order chi connectivity index (χ1) is 12.9. The van der Waals surface area contributed by atoms with Crippen LogP contribution in [0.3, 0.4) is 0 Å². The van der Waals surface area contributed by atoms with Gasteiger partial charge in [0.1, 0.15) is 0 Å². The fourth-order valence-corrected chi connectivity index (χ4v) is 3.17. The topological polar surface area (TPSA) is 104 Å². The first-order valence-electron chi connectivity index (χ1n) is 8.49. The summed E-state index contributed by atoms with van der Waals surface area (Å²) in [6, 6.07) is 11.4. The van der Waals surface area contributed by atoms with Crippen molar-refractivity contribution in [3.63, 3.8) is 0 Å². The van der Waals surface area contributed by atoms with E-state index >= 15 is 0 Å². The smallest absolute Gasteiger partial charge is 0.336 e. The number of amides is 1. The molecule has 8 heteroatoms. The normalized spacial score (nSPS) is 14.1. The number of aromatic carboxylic acids is 1. The summed E-state index contributed by atoms with van der Waals surface area (Å²) in [7, 11) is 0. The lowest BCUT2D eigenvalue weighted by Crippen LogP contribution is -2.49. The molecule has 8 nitrogen and oxygen atoms in total. The van der Waals surface area contributed by atoms with Crippen molar-refractivity contribution in [1.82, 2.24) is 4.90 Å². The van der Waals surface area contributed by atoms with Crippen molar-refractivity contribution in [3.05, 3.63) is 69.3 Å². The van der Waals surface area contributed by atoms with E-state index in [4.69, 9.17) is 0 Å². The van der Waals surface area contributed by atoms with Gasteiger partial charge in [-0.1, -0.05) is 12.1 Å². The molecule has 1 fully saturated rings. The first kappa shape index (κ1) is 18.4. The number of rotatable bonds is 4. The van der Waals surface area contributed by atoms with Gasteiger partial charge in [-0.15, -0.1) is 0 Å². The number of anilines is 1. The molecule has 27 heavy (non-hydrogen) atoms. The molecule has 3 rings (SSSR count). The third-order valence-electron chi connectivity index (χ3n) is 4.61. The van der Waals surface area contributed by atoms with E-state index in [9.17, 15) is 24.8 Å². The van der Waals surface area contributed by atoms with Crippen LogP contribution < -0.4 is 4.90 Å². The van der Waals surface area contributed by atoms with Gasteiger partial charge in [0, 0.05) is 44.0 Å². The summed E-state index contributed by atoms with van der Waals surface area (Å²) < 4.78 is 0. The largest absolute Gasteiger partial charge is 0.478 e. The summed E-state index contributed by atoms with van der Waals surface area (Å²) in [5.74, 6) is -1.79. The second kappa shape index (κ2) is 7.45. The molecule has 140 valence electrons. The first-order valence-corrected chi connectivity index (χ1v) is 8.49. The number of non-ortho nitro benzene ring substituents is 1. The van der Waals surface area contributed by atoms with E-state index < -0.39 is 16.8 Å². The molecule has 1 saturated heterocycles. The van der Waals surface area contributed by atoms with E-state index in [1.165, 1.54) is 6.07 Å². The standard InChI is InChI=1S/C19H19N3O5/c1-13-3-2-4-14(11-13)20-7-9-21(10-8-20)18(23)16-6-5-15(22(26)27)12-17(16)19(24)25/h2-6,11-12H,7-10H2,1H3,(H,24,25). The van der Waals surface area contributed by atoms with Gasteiger partial charge in [-0.25, -0.2) is 4.79 Å². The lowest BCUT2D eigenvalue weighted by atomic mass is 10.0. The molecule has 1 amide bonds. The summed E-state index contributed by atoms with van der Waals surface area (Å²) in [4.78, 5) is 38.2. The molecular formula is C19H19N3O5. The fraction of sp³-hybridized carbons (Fsp3) is 0.263. The molecule has 1 aliphatic heterocycles. The highest BCUT2D eigenvalue weighted by Crippen LogP contribution is 2.22. The zero-order chi connectivity index (χ0) is 19.6. The molecule has 0 aromatic heterocycles. The number of aryl methyl sites for hydroxylation is 1. The zero-order valence-electron chi connectivity index (χ0n) is 14.8. The van der Waals surface area contributed by atoms with Crippen molar-refractivity contribution >= 4 is 23.3 Å². The fourth-order valence-electron chi connectivity index (χ4n) is 3.17. The van der Waals surface area contributed by atoms with Crippen molar-refractivity contribution in [1.29, 1.82) is 0 Å². The van der Waals surface area contributed by atoms with Crippen LogP contribution in [0.15, 0.2) is 42.5 Å². The number of carbonyl (C=O) groups is 2. The Balaban J connectivity index is 1.76. The third-order valence-corrected chi connectivity index (χ3v) is 4.61. The molecule has 0 spiro atoms. The maximum absolute atomic E-state index is 12.8. The number of hydrogen-bond acceptors (Lipinski definition) is 5. The Morgan fingerprint density at radius 3 is 2.33 bits per heavy atom. The molecule has 0 radical (unpaired) electrons. The molecule has 0 saturated carbocycles. The molecule has 2 aromatic carbocycles. The highest BCUT2D eigenvalue weighted by atomic mass is 16.6. The number of benzene rings is 2. The number of piperazine rings is 1. The summed E-state index contributed by atoms with van der Waals surface area (Å²) in [6.45, 7) is 4.17. The number of carbonyl (C=O) groups excluding carboxylic acids is 1. The average molecular weight is 369 g/mol. The van der Waals surface area contributed by atoms with Crippen molar-refractivity contribution < 1.29 is 19.6 Å². The number of nitro benzene ring substituents is 1. The van der Waals surface area contributed by atoms with Crippen LogP contribution >= 0.6 is 0 Å². The lowest BCUT2D eigenvalue weighted by Gasteiger charge is -2.36. The second-order valence-electron chi connectivity index (χ2n) is 6.41. The van der Waals surface area contributed by atoms with Crippen LogP contribution in [0, 0.1) is 17.0 Å². The van der Waals surface area contributed by atoms with Gasteiger partial charge < -0.3 is 14.9 Å². The van der Waals surface area contributed by atoms with Gasteiger partial charge in [0.05, 0.1) is 16.1 Å². The zero-order valence-corrected chi connectivity index (χ0v) is 14.8. The Hall–Kier alpha value is -3.42. The minimum absolute atomic E-state index is 0.0305. The highest BCUT2D eigenvalue weighted by Gasteiger charge is 2.27. The number of nitrogens with zero attached hydrogens (tertiary/aromatic N) is 3.